The van der Waals surface area contributed by atoms with Crippen molar-refractivity contribution in [1.82, 2.24) is 4.98 Å². The van der Waals surface area contributed by atoms with Gasteiger partial charge in [0.1, 0.15) is 0 Å². The molecule has 0 unspecified atom stereocenters. The molecule has 14 heavy (non-hydrogen) atoms. The summed E-state index contributed by atoms with van der Waals surface area (Å²) >= 11 is 1.48. The molecule has 1 aliphatic heterocycles. The molecule has 4 nitrogen and oxygen atoms in total. The Hall–Kier alpha value is -1.23. The summed E-state index contributed by atoms with van der Waals surface area (Å²) in [6, 6.07) is 2.59. The Morgan fingerprint density at radius 1 is 1.43 bits per heavy atom. The van der Waals surface area contributed by atoms with Gasteiger partial charge in [-0.1, -0.05) is 11.3 Å². The highest BCUT2D eigenvalue weighted by atomic mass is 32.1. The quantitative estimate of drug-likeness (QED) is 0.781. The fourth-order valence-corrected chi connectivity index (χ4v) is 2.50. The Morgan fingerprint density at radius 2 is 2.21 bits per heavy atom. The van der Waals surface area contributed by atoms with Gasteiger partial charge in [0.25, 0.3) is 6.01 Å². The number of nitrogen functional groups attached to an aromatic ring is 1. The third-order valence-corrected chi connectivity index (χ3v) is 3.31. The largest absolute Gasteiger partial charge is 0.422 e. The zero-order valence-corrected chi connectivity index (χ0v) is 8.51. The molecule has 0 bridgehead atoms. The smallest absolute Gasteiger partial charge is 0.299 e. The molecule has 0 aliphatic carbocycles. The second kappa shape index (κ2) is 2.88. The summed E-state index contributed by atoms with van der Waals surface area (Å²) < 4.78 is 5.62. The molecule has 0 saturated carbocycles. The van der Waals surface area contributed by atoms with Crippen LogP contribution in [0.4, 0.5) is 11.0 Å². The van der Waals surface area contributed by atoms with Crippen LogP contribution in [0.3, 0.4) is 0 Å². The number of rotatable bonds is 1. The van der Waals surface area contributed by atoms with Crippen LogP contribution in [0, 0.1) is 0 Å². The molecule has 5 heteroatoms. The van der Waals surface area contributed by atoms with Crippen LogP contribution in [0.15, 0.2) is 10.5 Å². The van der Waals surface area contributed by atoms with Crippen molar-refractivity contribution in [1.29, 1.82) is 0 Å². The second-order valence-electron chi connectivity index (χ2n) is 3.51. The number of fused-ring (bicyclic) bond motifs is 1. The van der Waals surface area contributed by atoms with Crippen LogP contribution < -0.4 is 10.6 Å². The molecular weight excluding hydrogens is 198 g/mol. The molecule has 2 N–H and O–H groups in total. The predicted octanol–water partition coefficient (Wildman–Crippen LogP) is 2.07. The average Bonchev–Trinajstić information content (AvgIpc) is 2.74. The van der Waals surface area contributed by atoms with Crippen LogP contribution in [0.25, 0.3) is 10.4 Å². The van der Waals surface area contributed by atoms with Gasteiger partial charge in [0.2, 0.25) is 0 Å². The predicted molar refractivity (Wildman–Crippen MR) is 57.7 cm³/mol. The minimum absolute atomic E-state index is 0.753. The van der Waals surface area contributed by atoms with Crippen molar-refractivity contribution >= 4 is 32.8 Å². The average molecular weight is 209 g/mol. The van der Waals surface area contributed by atoms with Gasteiger partial charge in [-0.2, -0.15) is 4.98 Å². The van der Waals surface area contributed by atoms with Crippen molar-refractivity contribution in [3.8, 4) is 0 Å². The minimum atomic E-state index is 0.753. The third kappa shape index (κ3) is 1.16. The Balaban J connectivity index is 2.01. The van der Waals surface area contributed by atoms with Crippen molar-refractivity contribution in [2.24, 2.45) is 0 Å². The molecular formula is C9H11N3OS. The standard InChI is InChI=1S/C9H11N3OS/c10-7-5-6-8(14-7)11-9(13-6)12-3-1-2-4-12/h5H,1-4,10H2. The number of hydrogen-bond acceptors (Lipinski definition) is 5. The van der Waals surface area contributed by atoms with E-state index in [2.05, 4.69) is 9.88 Å². The van der Waals surface area contributed by atoms with Gasteiger partial charge in [-0.25, -0.2) is 0 Å². The van der Waals surface area contributed by atoms with Crippen molar-refractivity contribution < 1.29 is 4.42 Å². The Morgan fingerprint density at radius 3 is 2.93 bits per heavy atom. The van der Waals surface area contributed by atoms with Crippen molar-refractivity contribution in [3.63, 3.8) is 0 Å². The molecule has 2 aromatic rings. The SMILES string of the molecule is Nc1cc2oc(N3CCCC3)nc2s1. The summed E-state index contributed by atoms with van der Waals surface area (Å²) in [7, 11) is 0. The summed E-state index contributed by atoms with van der Waals surface area (Å²) in [4.78, 5) is 7.50. The van der Waals surface area contributed by atoms with E-state index in [1.807, 2.05) is 6.07 Å². The molecule has 0 radical (unpaired) electrons. The summed E-state index contributed by atoms with van der Waals surface area (Å²) in [5.74, 6) is 0. The van der Waals surface area contributed by atoms with E-state index in [4.69, 9.17) is 10.2 Å². The lowest BCUT2D eigenvalue weighted by atomic mass is 10.4. The summed E-state index contributed by atoms with van der Waals surface area (Å²) in [5, 5.41) is 0.763. The second-order valence-corrected chi connectivity index (χ2v) is 4.57. The van der Waals surface area contributed by atoms with Gasteiger partial charge < -0.3 is 15.1 Å². The summed E-state index contributed by atoms with van der Waals surface area (Å²) in [6.07, 6.45) is 2.47. The lowest BCUT2D eigenvalue weighted by molar-refractivity contribution is 0.586. The Labute approximate surface area is 85.3 Å². The lowest BCUT2D eigenvalue weighted by Crippen LogP contribution is -2.17. The van der Waals surface area contributed by atoms with Gasteiger partial charge in [-0.05, 0) is 12.8 Å². The first-order valence-corrected chi connectivity index (χ1v) is 5.55. The lowest BCUT2D eigenvalue weighted by Gasteiger charge is -2.10. The highest BCUT2D eigenvalue weighted by Crippen LogP contribution is 2.31. The van der Waals surface area contributed by atoms with Crippen LogP contribution in [0.5, 0.6) is 0 Å². The molecule has 3 heterocycles. The van der Waals surface area contributed by atoms with Gasteiger partial charge in [0, 0.05) is 19.2 Å². The van der Waals surface area contributed by atoms with Gasteiger partial charge in [-0.3, -0.25) is 0 Å². The number of nitrogens with two attached hydrogens (primary N) is 1. The topological polar surface area (TPSA) is 55.3 Å². The zero-order valence-electron chi connectivity index (χ0n) is 7.69. The maximum absolute atomic E-state index is 5.64. The van der Waals surface area contributed by atoms with E-state index in [1.54, 1.807) is 0 Å². The molecule has 0 spiro atoms. The molecule has 0 atom stereocenters. The molecule has 0 aromatic carbocycles. The van der Waals surface area contributed by atoms with Crippen molar-refractivity contribution in [3.05, 3.63) is 6.07 Å². The number of aromatic nitrogens is 1. The molecule has 74 valence electrons. The number of anilines is 2. The van der Waals surface area contributed by atoms with Gasteiger partial charge in [-0.15, -0.1) is 0 Å². The minimum Gasteiger partial charge on any atom is -0.422 e. The molecule has 0 amide bonds. The normalized spacial score (nSPS) is 17.0. The number of oxazole rings is 1. The van der Waals surface area contributed by atoms with E-state index in [-0.39, 0.29) is 0 Å². The highest BCUT2D eigenvalue weighted by Gasteiger charge is 2.18. The van der Waals surface area contributed by atoms with Crippen LogP contribution in [0.2, 0.25) is 0 Å². The van der Waals surface area contributed by atoms with E-state index in [9.17, 15) is 0 Å². The monoisotopic (exact) mass is 209 g/mol. The van der Waals surface area contributed by atoms with Gasteiger partial charge in [0.15, 0.2) is 10.4 Å². The van der Waals surface area contributed by atoms with E-state index in [0.717, 1.165) is 34.5 Å². The fraction of sp³-hybridized carbons (Fsp3) is 0.444. The number of nitrogens with zero attached hydrogens (tertiary/aromatic N) is 2. The zero-order chi connectivity index (χ0) is 9.54. The van der Waals surface area contributed by atoms with Crippen molar-refractivity contribution in [2.45, 2.75) is 12.8 Å². The highest BCUT2D eigenvalue weighted by molar-refractivity contribution is 7.22. The maximum atomic E-state index is 5.64. The molecule has 3 rings (SSSR count). The van der Waals surface area contributed by atoms with E-state index < -0.39 is 0 Å². The molecule has 2 aromatic heterocycles. The molecule has 1 fully saturated rings. The van der Waals surface area contributed by atoms with Crippen LogP contribution in [-0.4, -0.2) is 18.1 Å². The van der Waals surface area contributed by atoms with E-state index in [0.29, 0.717) is 0 Å². The summed E-state index contributed by atoms with van der Waals surface area (Å²) in [5.41, 5.74) is 6.46. The van der Waals surface area contributed by atoms with Crippen molar-refractivity contribution in [2.75, 3.05) is 23.7 Å². The fourth-order valence-electron chi connectivity index (χ4n) is 1.79. The van der Waals surface area contributed by atoms with Crippen LogP contribution in [0.1, 0.15) is 12.8 Å². The van der Waals surface area contributed by atoms with Crippen LogP contribution >= 0.6 is 11.3 Å². The number of hydrogen-bond donors (Lipinski definition) is 1. The van der Waals surface area contributed by atoms with Gasteiger partial charge in [0.05, 0.1) is 5.00 Å². The maximum Gasteiger partial charge on any atom is 0.299 e. The Kier molecular flexibility index (Phi) is 1.67. The number of thiophene rings is 1. The van der Waals surface area contributed by atoms with E-state index in [1.165, 1.54) is 24.2 Å². The first kappa shape index (κ1) is 8.11. The van der Waals surface area contributed by atoms with E-state index >= 15 is 0 Å². The molecule has 1 saturated heterocycles. The first-order chi connectivity index (χ1) is 6.83. The van der Waals surface area contributed by atoms with Gasteiger partial charge >= 0.3 is 0 Å². The Bertz CT molecular complexity index is 424. The van der Waals surface area contributed by atoms with Crippen LogP contribution in [-0.2, 0) is 0 Å². The molecule has 1 aliphatic rings. The summed E-state index contributed by atoms with van der Waals surface area (Å²) in [6.45, 7) is 2.12. The third-order valence-electron chi connectivity index (χ3n) is 2.47. The first-order valence-electron chi connectivity index (χ1n) is 4.74.